The molecule has 0 radical (unpaired) electrons. The van der Waals surface area contributed by atoms with Crippen molar-refractivity contribution in [2.45, 2.75) is 29.4 Å². The van der Waals surface area contributed by atoms with Crippen LogP contribution >= 0.6 is 0 Å². The van der Waals surface area contributed by atoms with Crippen LogP contribution in [0.15, 0.2) is 41.8 Å². The molecule has 8 N–H and O–H groups in total. The number of anilines is 1. The quantitative estimate of drug-likeness (QED) is 0.196. The van der Waals surface area contributed by atoms with E-state index in [2.05, 4.69) is 19.7 Å². The molecule has 3 aromatic rings. The van der Waals surface area contributed by atoms with E-state index in [1.54, 1.807) is 0 Å². The number of phenols is 1. The number of aliphatic hydroxyl groups excluding tert-OH is 2. The lowest BCUT2D eigenvalue weighted by Gasteiger charge is -2.16. The highest BCUT2D eigenvalue weighted by Crippen LogP contribution is 2.31. The minimum Gasteiger partial charge on any atom is -0.507 e. The normalized spacial score (nSPS) is 25.2. The zero-order valence-corrected chi connectivity index (χ0v) is 18.4. The molecule has 1 aromatic carbocycles. The van der Waals surface area contributed by atoms with Gasteiger partial charge in [-0.05, 0) is 12.1 Å². The third kappa shape index (κ3) is 4.49. The first-order valence-electron chi connectivity index (χ1n) is 9.39. The number of nitrogen functional groups attached to an aromatic ring is 1. The molecule has 16 heteroatoms. The minimum absolute atomic E-state index is 0.112. The van der Waals surface area contributed by atoms with E-state index in [9.17, 15) is 27.9 Å². The number of phenolic OH excluding ortho intramolecular Hbond substituents is 1. The van der Waals surface area contributed by atoms with Crippen LogP contribution in [-0.2, 0) is 24.5 Å². The molecule has 0 spiro atoms. The van der Waals surface area contributed by atoms with Crippen molar-refractivity contribution in [1.29, 1.82) is 0 Å². The van der Waals surface area contributed by atoms with Gasteiger partial charge in [-0.25, -0.2) is 32.3 Å². The second kappa shape index (κ2) is 8.49. The zero-order chi connectivity index (χ0) is 24.0. The number of nitrogens with one attached hydrogen (secondary N) is 1. The molecule has 178 valence electrons. The number of benzene rings is 1. The fourth-order valence-electron chi connectivity index (χ4n) is 3.38. The molecule has 3 heterocycles. The number of ether oxygens (including phenoxy) is 1. The van der Waals surface area contributed by atoms with Gasteiger partial charge in [0.1, 0.15) is 40.6 Å². The number of hydrogen-bond donors (Lipinski definition) is 6. The summed E-state index contributed by atoms with van der Waals surface area (Å²) >= 11 is 0. The van der Waals surface area contributed by atoms with Crippen LogP contribution in [0.1, 0.15) is 6.23 Å². The second-order valence-corrected chi connectivity index (χ2v) is 11.1. The predicted molar refractivity (Wildman–Crippen MR) is 117 cm³/mol. The number of fused-ring (bicyclic) bond motifs is 1. The van der Waals surface area contributed by atoms with Gasteiger partial charge in [-0.1, -0.05) is 12.1 Å². The van der Waals surface area contributed by atoms with Crippen LogP contribution < -0.4 is 15.6 Å². The van der Waals surface area contributed by atoms with E-state index in [0.29, 0.717) is 4.70 Å². The lowest BCUT2D eigenvalue weighted by molar-refractivity contribution is -0.0329. The van der Waals surface area contributed by atoms with Gasteiger partial charge in [0.15, 0.2) is 17.7 Å². The molecular weight excluding hydrogens is 478 g/mol. The minimum atomic E-state index is -4.36. The Morgan fingerprint density at radius 3 is 2.61 bits per heavy atom. The van der Waals surface area contributed by atoms with E-state index in [1.165, 1.54) is 41.5 Å². The van der Waals surface area contributed by atoms with Crippen molar-refractivity contribution >= 4 is 41.4 Å². The van der Waals surface area contributed by atoms with Gasteiger partial charge in [-0.3, -0.25) is 9.71 Å². The second-order valence-electron chi connectivity index (χ2n) is 7.23. The van der Waals surface area contributed by atoms with Gasteiger partial charge < -0.3 is 25.8 Å². The highest BCUT2D eigenvalue weighted by atomic mass is 32.3. The molecule has 1 aliphatic heterocycles. The zero-order valence-electron chi connectivity index (χ0n) is 16.8. The number of para-hydroxylation sites is 1. The van der Waals surface area contributed by atoms with E-state index < -0.39 is 56.6 Å². The number of aromatic nitrogens is 4. The number of aromatic hydroxyl groups is 1. The van der Waals surface area contributed by atoms with Crippen molar-refractivity contribution in [3.8, 4) is 5.75 Å². The SMILES string of the molecule is Nc1ncnc2c1ncn2[C@@H]1O[C@H](CNS(=O)(=O)C=S(N)(=O)c2ccccc2O)[C@H](O)C1O. The summed E-state index contributed by atoms with van der Waals surface area (Å²) in [4.78, 5) is 11.7. The third-order valence-electron chi connectivity index (χ3n) is 4.96. The Bertz CT molecular complexity index is 1420. The first kappa shape index (κ1) is 23.3. The molecule has 0 amide bonds. The van der Waals surface area contributed by atoms with Crippen molar-refractivity contribution in [1.82, 2.24) is 24.2 Å². The van der Waals surface area contributed by atoms with Crippen LogP contribution in [0.3, 0.4) is 0 Å². The first-order chi connectivity index (χ1) is 15.5. The first-order valence-corrected chi connectivity index (χ1v) is 12.6. The van der Waals surface area contributed by atoms with Crippen molar-refractivity contribution < 1.29 is 32.7 Å². The third-order valence-corrected chi connectivity index (χ3v) is 8.72. The average molecular weight is 500 g/mol. The summed E-state index contributed by atoms with van der Waals surface area (Å²) in [6, 6.07) is 5.36. The summed E-state index contributed by atoms with van der Waals surface area (Å²) in [6.45, 7) is -0.479. The van der Waals surface area contributed by atoms with Crippen LogP contribution in [0.4, 0.5) is 5.82 Å². The molecule has 1 saturated heterocycles. The van der Waals surface area contributed by atoms with E-state index >= 15 is 0 Å². The molecule has 4 rings (SSSR count). The van der Waals surface area contributed by atoms with Crippen LogP contribution in [0, 0.1) is 0 Å². The number of aliphatic hydroxyl groups is 2. The maximum Gasteiger partial charge on any atom is 0.243 e. The molecule has 0 saturated carbocycles. The standard InChI is InChI=1S/C17H21N7O7S2/c18-15-12-16(21-6-20-15)24(7-22-12)17-14(27)13(26)10(31-17)5-23-33(29,30)8-32(19,28)11-4-2-1-3-9(11)25/h1-4,6-8,10,13-14,17,23,25-27H,5H2,(H2,19,28)(H2,18,20,21)/t10-,13+,14?,17-,32?/m1/s1. The van der Waals surface area contributed by atoms with Gasteiger partial charge in [0.05, 0.1) is 20.9 Å². The Morgan fingerprint density at radius 2 is 1.88 bits per heavy atom. The number of sulfonamides is 1. The van der Waals surface area contributed by atoms with E-state index in [4.69, 9.17) is 15.6 Å². The van der Waals surface area contributed by atoms with Crippen molar-refractivity contribution in [2.24, 2.45) is 5.14 Å². The largest absolute Gasteiger partial charge is 0.507 e. The molecule has 1 fully saturated rings. The number of nitrogens with zero attached hydrogens (tertiary/aromatic N) is 4. The molecule has 2 aromatic heterocycles. The molecular formula is C17H21N7O7S2. The predicted octanol–water partition coefficient (Wildman–Crippen LogP) is -2.37. The monoisotopic (exact) mass is 499 g/mol. The van der Waals surface area contributed by atoms with Crippen LogP contribution in [0.2, 0.25) is 0 Å². The van der Waals surface area contributed by atoms with Crippen LogP contribution in [0.5, 0.6) is 5.75 Å². The van der Waals surface area contributed by atoms with Gasteiger partial charge in [-0.2, -0.15) is 0 Å². The molecule has 0 aliphatic carbocycles. The van der Waals surface area contributed by atoms with E-state index in [1.807, 2.05) is 0 Å². The van der Waals surface area contributed by atoms with Crippen molar-refractivity contribution in [2.75, 3.05) is 12.3 Å². The smallest absolute Gasteiger partial charge is 0.243 e. The van der Waals surface area contributed by atoms with Crippen LogP contribution in [0.25, 0.3) is 11.2 Å². The fourth-order valence-corrected chi connectivity index (χ4v) is 6.66. The summed E-state index contributed by atoms with van der Waals surface area (Å²) < 4.78 is 47.1. The molecule has 1 aliphatic rings. The number of imidazole rings is 1. The number of nitrogens with two attached hydrogens (primary N) is 2. The van der Waals surface area contributed by atoms with Crippen molar-refractivity contribution in [3.63, 3.8) is 0 Å². The maximum absolute atomic E-state index is 12.7. The lowest BCUT2D eigenvalue weighted by atomic mass is 10.1. The summed E-state index contributed by atoms with van der Waals surface area (Å²) in [7, 11) is -8.12. The van der Waals surface area contributed by atoms with Gasteiger partial charge >= 0.3 is 0 Å². The lowest BCUT2D eigenvalue weighted by Crippen LogP contribution is -2.40. The number of hydrogen-bond acceptors (Lipinski definition) is 11. The van der Waals surface area contributed by atoms with Gasteiger partial charge in [-0.15, -0.1) is 0 Å². The molecule has 0 bridgehead atoms. The maximum atomic E-state index is 12.7. The molecule has 14 nitrogen and oxygen atoms in total. The Balaban J connectivity index is 1.52. The van der Waals surface area contributed by atoms with Gasteiger partial charge in [0, 0.05) is 6.54 Å². The van der Waals surface area contributed by atoms with E-state index in [-0.39, 0.29) is 21.9 Å². The summed E-state index contributed by atoms with van der Waals surface area (Å²) in [5, 5.41) is 36.3. The Kier molecular flexibility index (Phi) is 5.99. The van der Waals surface area contributed by atoms with E-state index in [0.717, 1.165) is 0 Å². The Labute approximate surface area is 188 Å². The topological polar surface area (TPSA) is 229 Å². The summed E-state index contributed by atoms with van der Waals surface area (Å²) in [6.07, 6.45) is -2.75. The summed E-state index contributed by atoms with van der Waals surface area (Å²) in [5.41, 5.74) is 6.26. The average Bonchev–Trinajstić information content (AvgIpc) is 3.28. The van der Waals surface area contributed by atoms with Crippen molar-refractivity contribution in [3.05, 3.63) is 36.9 Å². The Morgan fingerprint density at radius 1 is 1.15 bits per heavy atom. The van der Waals surface area contributed by atoms with Gasteiger partial charge in [0.2, 0.25) is 10.0 Å². The molecule has 33 heavy (non-hydrogen) atoms. The molecule has 2 unspecified atom stereocenters. The number of rotatable bonds is 6. The van der Waals surface area contributed by atoms with Crippen LogP contribution in [-0.4, -0.2) is 77.0 Å². The summed E-state index contributed by atoms with van der Waals surface area (Å²) in [5.74, 6) is -0.310. The van der Waals surface area contributed by atoms with Gasteiger partial charge in [0.25, 0.3) is 0 Å². The highest BCUT2D eigenvalue weighted by Gasteiger charge is 2.44. The fraction of sp³-hybridized carbons (Fsp3) is 0.294. The highest BCUT2D eigenvalue weighted by molar-refractivity contribution is 8.19. The molecule has 5 atom stereocenters. The Hall–Kier alpha value is -2.86.